The first kappa shape index (κ1) is 13.1. The fourth-order valence-corrected chi connectivity index (χ4v) is 4.23. The van der Waals surface area contributed by atoms with Gasteiger partial charge in [0.05, 0.1) is 17.7 Å². The summed E-state index contributed by atoms with van der Waals surface area (Å²) in [7, 11) is 0. The van der Waals surface area contributed by atoms with Gasteiger partial charge in [0.15, 0.2) is 0 Å². The highest BCUT2D eigenvalue weighted by Gasteiger charge is 2.45. The van der Waals surface area contributed by atoms with Crippen molar-refractivity contribution in [2.75, 3.05) is 0 Å². The first-order chi connectivity index (χ1) is 9.05. The van der Waals surface area contributed by atoms with Crippen LogP contribution in [0.25, 0.3) is 0 Å². The smallest absolute Gasteiger partial charge is 0.144 e. The van der Waals surface area contributed by atoms with Crippen LogP contribution < -0.4 is 5.43 Å². The summed E-state index contributed by atoms with van der Waals surface area (Å²) < 4.78 is 0. The number of nitrogens with zero attached hydrogens (tertiary/aromatic N) is 1. The van der Waals surface area contributed by atoms with E-state index in [0.717, 1.165) is 30.9 Å². The van der Waals surface area contributed by atoms with Gasteiger partial charge >= 0.3 is 0 Å². The van der Waals surface area contributed by atoms with Gasteiger partial charge in [-0.15, -0.1) is 0 Å². The molecule has 0 saturated heterocycles. The first-order valence-electron chi connectivity index (χ1n) is 7.90. The van der Waals surface area contributed by atoms with Crippen molar-refractivity contribution in [3.05, 3.63) is 0 Å². The predicted molar refractivity (Wildman–Crippen MR) is 77.1 cm³/mol. The number of Topliss-reactive ketones (excluding diaryl/α,β-unsaturated/α-hetero) is 1. The van der Waals surface area contributed by atoms with E-state index in [1.54, 1.807) is 0 Å². The van der Waals surface area contributed by atoms with E-state index in [1.807, 2.05) is 0 Å². The molecule has 1 heterocycles. The molecule has 3 nitrogen and oxygen atoms in total. The van der Waals surface area contributed by atoms with Crippen molar-refractivity contribution in [1.82, 2.24) is 5.43 Å². The lowest BCUT2D eigenvalue weighted by atomic mass is 9.68. The van der Waals surface area contributed by atoms with Crippen LogP contribution in [-0.4, -0.2) is 17.5 Å². The maximum Gasteiger partial charge on any atom is 0.144 e. The third-order valence-electron chi connectivity index (χ3n) is 5.19. The molecular weight excluding hydrogens is 236 g/mol. The number of carbonyl (C=O) groups is 1. The van der Waals surface area contributed by atoms with Gasteiger partial charge in [-0.05, 0) is 30.6 Å². The number of fused-ring (bicyclic) bond motifs is 1. The zero-order chi connectivity index (χ0) is 13.5. The SMILES string of the molecule is CC1(C)CC(=O)C2C(CCC3CCCC3)=NNC2C1. The average Bonchev–Trinajstić information content (AvgIpc) is 2.93. The summed E-state index contributed by atoms with van der Waals surface area (Å²) in [6.07, 6.45) is 9.62. The standard InChI is InChI=1S/C16H26N2O/c1-16(2)9-13-15(14(19)10-16)12(17-18-13)8-7-11-5-3-4-6-11/h11,13,15,18H,3-10H2,1-2H3. The number of hydrogen-bond donors (Lipinski definition) is 1. The Hall–Kier alpha value is -0.860. The molecule has 19 heavy (non-hydrogen) atoms. The maximum atomic E-state index is 12.4. The van der Waals surface area contributed by atoms with Gasteiger partial charge < -0.3 is 5.43 Å². The summed E-state index contributed by atoms with van der Waals surface area (Å²) in [5, 5.41) is 4.50. The number of rotatable bonds is 3. The fraction of sp³-hybridized carbons (Fsp3) is 0.875. The van der Waals surface area contributed by atoms with Crippen LogP contribution in [0.4, 0.5) is 0 Å². The van der Waals surface area contributed by atoms with Crippen molar-refractivity contribution < 1.29 is 4.79 Å². The van der Waals surface area contributed by atoms with Crippen LogP contribution in [0.5, 0.6) is 0 Å². The van der Waals surface area contributed by atoms with Crippen molar-refractivity contribution in [2.24, 2.45) is 22.4 Å². The number of hydrazone groups is 1. The van der Waals surface area contributed by atoms with E-state index in [1.165, 1.54) is 32.1 Å². The molecule has 106 valence electrons. The molecule has 2 unspecified atom stereocenters. The van der Waals surface area contributed by atoms with E-state index >= 15 is 0 Å². The molecule has 2 atom stereocenters. The van der Waals surface area contributed by atoms with Crippen molar-refractivity contribution >= 4 is 11.5 Å². The Labute approximate surface area is 116 Å². The van der Waals surface area contributed by atoms with E-state index < -0.39 is 0 Å². The highest BCUT2D eigenvalue weighted by molar-refractivity contribution is 6.07. The molecular formula is C16H26N2O. The second-order valence-electron chi connectivity index (χ2n) is 7.52. The van der Waals surface area contributed by atoms with Gasteiger partial charge in [-0.1, -0.05) is 39.5 Å². The lowest BCUT2D eigenvalue weighted by Gasteiger charge is -2.36. The molecule has 0 aromatic heterocycles. The molecule has 3 aliphatic rings. The van der Waals surface area contributed by atoms with E-state index in [9.17, 15) is 4.79 Å². The number of ketones is 1. The summed E-state index contributed by atoms with van der Waals surface area (Å²) in [6, 6.07) is 0.273. The Bertz CT molecular complexity index is 394. The van der Waals surface area contributed by atoms with Gasteiger partial charge in [-0.2, -0.15) is 5.10 Å². The molecule has 0 aromatic rings. The quantitative estimate of drug-likeness (QED) is 0.848. The number of carbonyl (C=O) groups excluding carboxylic acids is 1. The molecule has 2 fully saturated rings. The summed E-state index contributed by atoms with van der Waals surface area (Å²) in [6.45, 7) is 4.39. The minimum Gasteiger partial charge on any atom is -0.306 e. The lowest BCUT2D eigenvalue weighted by Crippen LogP contribution is -2.45. The second-order valence-corrected chi connectivity index (χ2v) is 7.52. The Balaban J connectivity index is 1.60. The number of hydrogen-bond acceptors (Lipinski definition) is 3. The molecule has 3 rings (SSSR count). The highest BCUT2D eigenvalue weighted by Crippen LogP contribution is 2.39. The molecule has 0 spiro atoms. The van der Waals surface area contributed by atoms with Gasteiger partial charge in [0.2, 0.25) is 0 Å². The Kier molecular flexibility index (Phi) is 3.40. The summed E-state index contributed by atoms with van der Waals surface area (Å²) >= 11 is 0. The van der Waals surface area contributed by atoms with Crippen molar-refractivity contribution in [2.45, 2.75) is 71.3 Å². The molecule has 0 radical (unpaired) electrons. The van der Waals surface area contributed by atoms with Crippen LogP contribution >= 0.6 is 0 Å². The minimum absolute atomic E-state index is 0.0921. The van der Waals surface area contributed by atoms with Gasteiger partial charge in [0.25, 0.3) is 0 Å². The Morgan fingerprint density at radius 1 is 1.32 bits per heavy atom. The van der Waals surface area contributed by atoms with Crippen LogP contribution in [0.3, 0.4) is 0 Å². The second kappa shape index (κ2) is 4.92. The van der Waals surface area contributed by atoms with Crippen LogP contribution in [0.15, 0.2) is 5.10 Å². The van der Waals surface area contributed by atoms with Crippen LogP contribution in [0, 0.1) is 17.3 Å². The molecule has 1 aliphatic heterocycles. The van der Waals surface area contributed by atoms with Gasteiger partial charge in [-0.25, -0.2) is 0 Å². The zero-order valence-electron chi connectivity index (χ0n) is 12.2. The van der Waals surface area contributed by atoms with E-state index in [4.69, 9.17) is 0 Å². The molecule has 0 amide bonds. The summed E-state index contributed by atoms with van der Waals surface area (Å²) in [5.41, 5.74) is 4.53. The zero-order valence-corrected chi connectivity index (χ0v) is 12.2. The topological polar surface area (TPSA) is 41.5 Å². The maximum absolute atomic E-state index is 12.4. The van der Waals surface area contributed by atoms with Crippen molar-refractivity contribution in [1.29, 1.82) is 0 Å². The lowest BCUT2D eigenvalue weighted by molar-refractivity contribution is -0.126. The molecule has 0 bridgehead atoms. The van der Waals surface area contributed by atoms with Crippen molar-refractivity contribution in [3.8, 4) is 0 Å². The fourth-order valence-electron chi connectivity index (χ4n) is 4.23. The predicted octanol–water partition coefficient (Wildman–Crippen LogP) is 3.29. The molecule has 2 saturated carbocycles. The normalized spacial score (nSPS) is 34.0. The van der Waals surface area contributed by atoms with Crippen LogP contribution in [-0.2, 0) is 4.79 Å². The third kappa shape index (κ3) is 2.70. The van der Waals surface area contributed by atoms with Gasteiger partial charge in [-0.3, -0.25) is 4.79 Å². The Morgan fingerprint density at radius 3 is 2.79 bits per heavy atom. The van der Waals surface area contributed by atoms with Crippen LogP contribution in [0.1, 0.15) is 65.2 Å². The average molecular weight is 262 g/mol. The number of nitrogens with one attached hydrogen (secondary N) is 1. The molecule has 1 N–H and O–H groups in total. The summed E-state index contributed by atoms with van der Waals surface area (Å²) in [4.78, 5) is 12.4. The molecule has 3 heteroatoms. The molecule has 2 aliphatic carbocycles. The van der Waals surface area contributed by atoms with Gasteiger partial charge in [0.1, 0.15) is 5.78 Å². The highest BCUT2D eigenvalue weighted by atomic mass is 16.1. The van der Waals surface area contributed by atoms with E-state index in [-0.39, 0.29) is 17.4 Å². The largest absolute Gasteiger partial charge is 0.306 e. The van der Waals surface area contributed by atoms with E-state index in [0.29, 0.717) is 5.78 Å². The Morgan fingerprint density at radius 2 is 2.05 bits per heavy atom. The van der Waals surface area contributed by atoms with E-state index in [2.05, 4.69) is 24.4 Å². The van der Waals surface area contributed by atoms with Crippen molar-refractivity contribution in [3.63, 3.8) is 0 Å². The monoisotopic (exact) mass is 262 g/mol. The summed E-state index contributed by atoms with van der Waals surface area (Å²) in [5.74, 6) is 1.39. The molecule has 0 aromatic carbocycles. The third-order valence-corrected chi connectivity index (χ3v) is 5.19. The van der Waals surface area contributed by atoms with Gasteiger partial charge in [0, 0.05) is 6.42 Å². The van der Waals surface area contributed by atoms with Crippen LogP contribution in [0.2, 0.25) is 0 Å². The minimum atomic E-state index is 0.0921. The first-order valence-corrected chi connectivity index (χ1v) is 7.90.